The summed E-state index contributed by atoms with van der Waals surface area (Å²) in [6.07, 6.45) is 1.83. The first-order chi connectivity index (χ1) is 10.2. The van der Waals surface area contributed by atoms with E-state index in [9.17, 15) is 22.8 Å². The first kappa shape index (κ1) is 18.2. The quantitative estimate of drug-likeness (QED) is 0.563. The van der Waals surface area contributed by atoms with Crippen molar-refractivity contribution in [2.45, 2.75) is 37.5 Å². The molecule has 2 atom stereocenters. The van der Waals surface area contributed by atoms with Crippen LogP contribution >= 0.6 is 0 Å². The van der Waals surface area contributed by atoms with Gasteiger partial charge in [0.05, 0.1) is 5.75 Å². The average molecular weight is 335 g/mol. The molecule has 0 saturated carbocycles. The number of nitrogens with zero attached hydrogens (tertiary/aromatic N) is 1. The van der Waals surface area contributed by atoms with Gasteiger partial charge in [0.1, 0.15) is 6.04 Å². The fourth-order valence-corrected chi connectivity index (χ4v) is 3.75. The van der Waals surface area contributed by atoms with Gasteiger partial charge in [-0.3, -0.25) is 9.59 Å². The number of carboxylic acid groups (broad SMARTS) is 1. The van der Waals surface area contributed by atoms with Crippen molar-refractivity contribution in [2.24, 2.45) is 5.73 Å². The van der Waals surface area contributed by atoms with Crippen LogP contribution in [0.4, 0.5) is 4.79 Å². The Hall–Kier alpha value is -1.84. The molecule has 0 spiro atoms. The van der Waals surface area contributed by atoms with Gasteiger partial charge in [0, 0.05) is 13.1 Å². The van der Waals surface area contributed by atoms with Gasteiger partial charge in [-0.05, 0) is 6.42 Å². The minimum Gasteiger partial charge on any atom is -0.480 e. The van der Waals surface area contributed by atoms with Gasteiger partial charge >= 0.3 is 12.0 Å². The highest BCUT2D eigenvalue weighted by Gasteiger charge is 2.41. The molecule has 0 aromatic heterocycles. The maximum Gasteiger partial charge on any atom is 0.323 e. The average Bonchev–Trinajstić information content (AvgIpc) is 2.41. The van der Waals surface area contributed by atoms with Gasteiger partial charge in [0.25, 0.3) is 0 Å². The molecule has 1 rings (SSSR count). The van der Waals surface area contributed by atoms with Gasteiger partial charge < -0.3 is 21.1 Å². The Kier molecular flexibility index (Phi) is 6.15. The van der Waals surface area contributed by atoms with Crippen LogP contribution in [0.5, 0.6) is 0 Å². The zero-order chi connectivity index (χ0) is 16.9. The third kappa shape index (κ3) is 4.58. The monoisotopic (exact) mass is 335 g/mol. The summed E-state index contributed by atoms with van der Waals surface area (Å²) in [7, 11) is -3.76. The summed E-state index contributed by atoms with van der Waals surface area (Å²) in [5.41, 5.74) is 5.04. The van der Waals surface area contributed by atoms with E-state index in [0.29, 0.717) is 12.8 Å². The lowest BCUT2D eigenvalue weighted by atomic mass is 10.1. The van der Waals surface area contributed by atoms with E-state index in [1.807, 2.05) is 6.92 Å². The van der Waals surface area contributed by atoms with Crippen molar-refractivity contribution in [1.29, 1.82) is 0 Å². The van der Waals surface area contributed by atoms with Crippen LogP contribution in [0.15, 0.2) is 0 Å². The Morgan fingerprint density at radius 3 is 2.55 bits per heavy atom. The van der Waals surface area contributed by atoms with Gasteiger partial charge in [0.2, 0.25) is 5.91 Å². The van der Waals surface area contributed by atoms with Crippen molar-refractivity contribution >= 4 is 27.7 Å². The number of carboxylic acids is 1. The number of carbonyl (C=O) groups is 3. The molecule has 2 unspecified atom stereocenters. The van der Waals surface area contributed by atoms with Crippen molar-refractivity contribution in [3.05, 3.63) is 0 Å². The molecule has 4 N–H and O–H groups in total. The second-order valence-corrected chi connectivity index (χ2v) is 7.48. The summed E-state index contributed by atoms with van der Waals surface area (Å²) in [6.45, 7) is 1.41. The molecule has 0 aromatic carbocycles. The Morgan fingerprint density at radius 1 is 1.41 bits per heavy atom. The summed E-state index contributed by atoms with van der Waals surface area (Å²) in [6, 6.07) is -1.72. The maximum atomic E-state index is 12.4. The molecular weight excluding hydrogens is 314 g/mol. The highest BCUT2D eigenvalue weighted by molar-refractivity contribution is 7.92. The topological polar surface area (TPSA) is 147 Å². The number of hydrogen-bond acceptors (Lipinski definition) is 5. The molecule has 1 fully saturated rings. The number of amides is 3. The normalized spacial score (nSPS) is 21.9. The summed E-state index contributed by atoms with van der Waals surface area (Å²) < 4.78 is 23.4. The van der Waals surface area contributed by atoms with Crippen LogP contribution in [0.3, 0.4) is 0 Å². The van der Waals surface area contributed by atoms with Gasteiger partial charge in [-0.25, -0.2) is 13.2 Å². The highest BCUT2D eigenvalue weighted by Crippen LogP contribution is 2.15. The highest BCUT2D eigenvalue weighted by atomic mass is 32.2. The van der Waals surface area contributed by atoms with Gasteiger partial charge in [-0.1, -0.05) is 19.8 Å². The second-order valence-electron chi connectivity index (χ2n) is 5.18. The number of rotatable bonds is 6. The van der Waals surface area contributed by atoms with Gasteiger partial charge in [-0.15, -0.1) is 0 Å². The molecule has 0 radical (unpaired) electrons. The van der Waals surface area contributed by atoms with E-state index in [1.165, 1.54) is 0 Å². The van der Waals surface area contributed by atoms with Crippen molar-refractivity contribution in [2.75, 3.05) is 18.8 Å². The Balaban J connectivity index is 2.85. The molecule has 1 saturated heterocycles. The summed E-state index contributed by atoms with van der Waals surface area (Å²) in [4.78, 5) is 35.6. The SMILES string of the molecule is CCCCC(NC(N)=O)C(=O)N1CCS(=O)(=O)C(C(=O)O)C1. The number of primary amides is 1. The summed E-state index contributed by atoms with van der Waals surface area (Å²) in [5, 5.41) is 9.69. The minimum atomic E-state index is -3.76. The van der Waals surface area contributed by atoms with E-state index < -0.39 is 51.3 Å². The van der Waals surface area contributed by atoms with Crippen LogP contribution in [0.2, 0.25) is 0 Å². The fourth-order valence-electron chi connectivity index (χ4n) is 2.27. The Labute approximate surface area is 128 Å². The molecular formula is C12H21N3O6S. The maximum absolute atomic E-state index is 12.4. The lowest BCUT2D eigenvalue weighted by Crippen LogP contribution is -2.57. The molecule has 9 nitrogen and oxygen atoms in total. The third-order valence-corrected chi connectivity index (χ3v) is 5.48. The third-order valence-electron chi connectivity index (χ3n) is 3.51. The fraction of sp³-hybridized carbons (Fsp3) is 0.750. The molecule has 126 valence electrons. The smallest absolute Gasteiger partial charge is 0.323 e. The zero-order valence-corrected chi connectivity index (χ0v) is 13.1. The molecule has 22 heavy (non-hydrogen) atoms. The van der Waals surface area contributed by atoms with E-state index >= 15 is 0 Å². The number of nitrogens with one attached hydrogen (secondary N) is 1. The molecule has 3 amide bonds. The van der Waals surface area contributed by atoms with Gasteiger partial charge in [0.15, 0.2) is 15.1 Å². The van der Waals surface area contributed by atoms with Crippen LogP contribution in [-0.4, -0.2) is 66.5 Å². The summed E-state index contributed by atoms with van der Waals surface area (Å²) >= 11 is 0. The van der Waals surface area contributed by atoms with Crippen LogP contribution in [0, 0.1) is 0 Å². The second kappa shape index (κ2) is 7.43. The first-order valence-corrected chi connectivity index (χ1v) is 8.69. The Morgan fingerprint density at radius 2 is 2.05 bits per heavy atom. The van der Waals surface area contributed by atoms with E-state index in [0.717, 1.165) is 11.3 Å². The largest absolute Gasteiger partial charge is 0.480 e. The molecule has 10 heteroatoms. The standard InChI is InChI=1S/C12H21N3O6S/c1-2-3-4-8(14-12(13)19)10(16)15-5-6-22(20,21)9(7-15)11(17)18/h8-9H,2-7H2,1H3,(H,17,18)(H3,13,14,19). The van der Waals surface area contributed by atoms with E-state index in [1.54, 1.807) is 0 Å². The van der Waals surface area contributed by atoms with E-state index in [4.69, 9.17) is 10.8 Å². The van der Waals surface area contributed by atoms with Crippen molar-refractivity contribution < 1.29 is 27.9 Å². The lowest BCUT2D eigenvalue weighted by Gasteiger charge is -2.33. The number of nitrogens with two attached hydrogens (primary N) is 1. The van der Waals surface area contributed by atoms with Crippen molar-refractivity contribution in [1.82, 2.24) is 10.2 Å². The number of hydrogen-bond donors (Lipinski definition) is 3. The van der Waals surface area contributed by atoms with Crippen LogP contribution in [0.25, 0.3) is 0 Å². The molecule has 1 aliphatic rings. The number of sulfone groups is 1. The molecule has 1 heterocycles. The minimum absolute atomic E-state index is 0.0893. The van der Waals surface area contributed by atoms with Crippen LogP contribution in [0.1, 0.15) is 26.2 Å². The molecule has 0 aliphatic carbocycles. The Bertz CT molecular complexity index is 547. The lowest BCUT2D eigenvalue weighted by molar-refractivity contribution is -0.138. The molecule has 0 aromatic rings. The van der Waals surface area contributed by atoms with Gasteiger partial charge in [-0.2, -0.15) is 0 Å². The summed E-state index contributed by atoms with van der Waals surface area (Å²) in [5.74, 6) is -2.40. The molecule has 0 bridgehead atoms. The number of carbonyl (C=O) groups excluding carboxylic acids is 2. The predicted molar refractivity (Wildman–Crippen MR) is 77.8 cm³/mol. The van der Waals surface area contributed by atoms with Crippen LogP contribution in [-0.2, 0) is 19.4 Å². The zero-order valence-electron chi connectivity index (χ0n) is 12.3. The number of aliphatic carboxylic acids is 1. The van der Waals surface area contributed by atoms with E-state index in [-0.39, 0.29) is 6.54 Å². The predicted octanol–water partition coefficient (Wildman–Crippen LogP) is -1.08. The molecule has 1 aliphatic heterocycles. The van der Waals surface area contributed by atoms with E-state index in [2.05, 4.69) is 5.32 Å². The van der Waals surface area contributed by atoms with Crippen molar-refractivity contribution in [3.8, 4) is 0 Å². The number of unbranched alkanes of at least 4 members (excludes halogenated alkanes) is 1. The van der Waals surface area contributed by atoms with Crippen LogP contribution < -0.4 is 11.1 Å². The number of urea groups is 1. The first-order valence-electron chi connectivity index (χ1n) is 6.98. The van der Waals surface area contributed by atoms with Crippen molar-refractivity contribution in [3.63, 3.8) is 0 Å².